The molecule has 4 heteroatoms. The number of methoxy groups -OCH3 is 1. The molecule has 23 heavy (non-hydrogen) atoms. The van der Waals surface area contributed by atoms with Crippen LogP contribution in [0.15, 0.2) is 16.6 Å². The summed E-state index contributed by atoms with van der Waals surface area (Å²) in [4.78, 5) is 15.8. The Bertz CT molecular complexity index is 749. The molecule has 0 amide bonds. The Kier molecular flexibility index (Phi) is 4.54. The van der Waals surface area contributed by atoms with Crippen molar-refractivity contribution in [1.29, 1.82) is 0 Å². The minimum Gasteiger partial charge on any atom is -0.469 e. The Hall–Kier alpha value is -1.29. The van der Waals surface area contributed by atoms with Gasteiger partial charge in [-0.15, -0.1) is 0 Å². The third kappa shape index (κ3) is 2.71. The van der Waals surface area contributed by atoms with Crippen molar-refractivity contribution in [3.8, 4) is 0 Å². The molecule has 1 aliphatic rings. The Morgan fingerprint density at radius 2 is 2.22 bits per heavy atom. The van der Waals surface area contributed by atoms with Crippen molar-refractivity contribution in [1.82, 2.24) is 4.98 Å². The summed E-state index contributed by atoms with van der Waals surface area (Å²) in [7, 11) is 1.48. The molecule has 1 unspecified atom stereocenters. The molecule has 3 nitrogen and oxygen atoms in total. The van der Waals surface area contributed by atoms with Crippen molar-refractivity contribution in [2.75, 3.05) is 7.11 Å². The number of aromatic amines is 1. The molecule has 1 aromatic heterocycles. The first kappa shape index (κ1) is 16.6. The number of H-pyrrole nitrogens is 1. The Balaban J connectivity index is 2.22. The fourth-order valence-electron chi connectivity index (χ4n) is 4.24. The summed E-state index contributed by atoms with van der Waals surface area (Å²) in [5, 5.41) is 1.30. The van der Waals surface area contributed by atoms with Crippen molar-refractivity contribution >= 4 is 32.8 Å². The molecule has 2 aromatic rings. The molecule has 0 radical (unpaired) electrons. The zero-order chi connectivity index (χ0) is 16.6. The largest absolute Gasteiger partial charge is 0.469 e. The van der Waals surface area contributed by atoms with E-state index in [-0.39, 0.29) is 11.4 Å². The number of esters is 1. The van der Waals surface area contributed by atoms with E-state index >= 15 is 0 Å². The third-order valence-corrected chi connectivity index (χ3v) is 5.93. The highest BCUT2D eigenvalue weighted by atomic mass is 79.9. The fraction of sp³-hybridized carbons (Fsp3) is 0.526. The van der Waals surface area contributed by atoms with Crippen molar-refractivity contribution in [2.45, 2.75) is 57.8 Å². The van der Waals surface area contributed by atoms with Crippen molar-refractivity contribution in [3.05, 3.63) is 33.4 Å². The van der Waals surface area contributed by atoms with Crippen LogP contribution in [0.4, 0.5) is 0 Å². The highest BCUT2D eigenvalue weighted by Gasteiger charge is 2.40. The van der Waals surface area contributed by atoms with Crippen molar-refractivity contribution in [2.24, 2.45) is 0 Å². The standard InChI is InChI=1S/C19H24BrNO2/c1-4-9-19(11-15(22)23-3)10-5-6-13-16-14(20)8-7-12(2)17(16)21-18(13)19/h7-8,21H,4-6,9-11H2,1-3H3. The number of aryl methyl sites for hydroxylation is 2. The first-order valence-electron chi connectivity index (χ1n) is 8.39. The number of carbonyl (C=O) groups excluding carboxylic acids is 1. The van der Waals surface area contributed by atoms with E-state index in [2.05, 4.69) is 46.9 Å². The molecule has 1 atom stereocenters. The maximum Gasteiger partial charge on any atom is 0.306 e. The summed E-state index contributed by atoms with van der Waals surface area (Å²) in [5.74, 6) is -0.110. The monoisotopic (exact) mass is 377 g/mol. The fourth-order valence-corrected chi connectivity index (χ4v) is 4.81. The van der Waals surface area contributed by atoms with Gasteiger partial charge in [0.2, 0.25) is 0 Å². The number of nitrogens with one attached hydrogen (secondary N) is 1. The molecular formula is C19H24BrNO2. The molecular weight excluding hydrogens is 354 g/mol. The van der Waals surface area contributed by atoms with Crippen LogP contribution < -0.4 is 0 Å². The third-order valence-electron chi connectivity index (χ3n) is 5.27. The van der Waals surface area contributed by atoms with Crippen LogP contribution >= 0.6 is 15.9 Å². The van der Waals surface area contributed by atoms with Crippen LogP contribution in [-0.2, 0) is 21.4 Å². The van der Waals surface area contributed by atoms with Gasteiger partial charge in [-0.1, -0.05) is 35.3 Å². The smallest absolute Gasteiger partial charge is 0.306 e. The topological polar surface area (TPSA) is 42.1 Å². The van der Waals surface area contributed by atoms with Crippen LogP contribution in [0.1, 0.15) is 55.8 Å². The van der Waals surface area contributed by atoms with Gasteiger partial charge in [0, 0.05) is 26.5 Å². The van der Waals surface area contributed by atoms with E-state index in [4.69, 9.17) is 4.74 Å². The van der Waals surface area contributed by atoms with E-state index in [0.717, 1.165) is 36.6 Å². The van der Waals surface area contributed by atoms with E-state index in [1.165, 1.54) is 34.8 Å². The number of fused-ring (bicyclic) bond motifs is 3. The maximum absolute atomic E-state index is 12.1. The van der Waals surface area contributed by atoms with Gasteiger partial charge in [-0.25, -0.2) is 0 Å². The second-order valence-electron chi connectivity index (χ2n) is 6.73. The lowest BCUT2D eigenvalue weighted by atomic mass is 9.68. The number of hydrogen-bond acceptors (Lipinski definition) is 2. The average molecular weight is 378 g/mol. The number of rotatable bonds is 4. The predicted molar refractivity (Wildman–Crippen MR) is 96.9 cm³/mol. The summed E-state index contributed by atoms with van der Waals surface area (Å²) in [6.07, 6.45) is 5.78. The van der Waals surface area contributed by atoms with Gasteiger partial charge in [0.25, 0.3) is 0 Å². The maximum atomic E-state index is 12.1. The van der Waals surface area contributed by atoms with Gasteiger partial charge in [-0.3, -0.25) is 4.79 Å². The SMILES string of the molecule is CCCC1(CC(=O)OC)CCCc2c1[nH]c1c(C)ccc(Br)c21. The Morgan fingerprint density at radius 3 is 2.91 bits per heavy atom. The van der Waals surface area contributed by atoms with Gasteiger partial charge in [-0.2, -0.15) is 0 Å². The molecule has 0 saturated heterocycles. The summed E-state index contributed by atoms with van der Waals surface area (Å²) in [5.41, 5.74) is 5.00. The van der Waals surface area contributed by atoms with Gasteiger partial charge in [0.05, 0.1) is 13.5 Å². The van der Waals surface area contributed by atoms with E-state index in [0.29, 0.717) is 6.42 Å². The first-order chi connectivity index (χ1) is 11.0. The Morgan fingerprint density at radius 1 is 1.43 bits per heavy atom. The van der Waals surface area contributed by atoms with Gasteiger partial charge in [-0.05, 0) is 49.8 Å². The lowest BCUT2D eigenvalue weighted by Crippen LogP contribution is -2.34. The lowest BCUT2D eigenvalue weighted by Gasteiger charge is -2.36. The highest BCUT2D eigenvalue weighted by molar-refractivity contribution is 9.10. The first-order valence-corrected chi connectivity index (χ1v) is 9.18. The van der Waals surface area contributed by atoms with Crippen LogP contribution in [0.3, 0.4) is 0 Å². The molecule has 0 bridgehead atoms. The van der Waals surface area contributed by atoms with Gasteiger partial charge in [0.1, 0.15) is 0 Å². The molecule has 3 rings (SSSR count). The Labute approximate surface area is 145 Å². The number of ether oxygens (including phenoxy) is 1. The van der Waals surface area contributed by atoms with Crippen LogP contribution in [0, 0.1) is 6.92 Å². The molecule has 0 saturated carbocycles. The van der Waals surface area contributed by atoms with Crippen LogP contribution in [-0.4, -0.2) is 18.1 Å². The van der Waals surface area contributed by atoms with E-state index in [1.807, 2.05) is 0 Å². The molecule has 0 aliphatic heterocycles. The second kappa shape index (κ2) is 6.31. The summed E-state index contributed by atoms with van der Waals surface area (Å²) >= 11 is 3.72. The second-order valence-corrected chi connectivity index (χ2v) is 7.58. The minimum absolute atomic E-state index is 0.110. The van der Waals surface area contributed by atoms with Crippen LogP contribution in [0.2, 0.25) is 0 Å². The zero-order valence-corrected chi connectivity index (χ0v) is 15.7. The molecule has 124 valence electrons. The number of halogens is 1. The number of hydrogen-bond donors (Lipinski definition) is 1. The van der Waals surface area contributed by atoms with E-state index in [1.54, 1.807) is 0 Å². The molecule has 1 N–H and O–H groups in total. The summed E-state index contributed by atoms with van der Waals surface area (Å²) in [6, 6.07) is 4.26. The van der Waals surface area contributed by atoms with E-state index < -0.39 is 0 Å². The van der Waals surface area contributed by atoms with Crippen molar-refractivity contribution in [3.63, 3.8) is 0 Å². The summed E-state index contributed by atoms with van der Waals surface area (Å²) in [6.45, 7) is 4.33. The van der Waals surface area contributed by atoms with E-state index in [9.17, 15) is 4.79 Å². The molecule has 1 aromatic carbocycles. The minimum atomic E-state index is -0.111. The van der Waals surface area contributed by atoms with Gasteiger partial charge < -0.3 is 9.72 Å². The van der Waals surface area contributed by atoms with Gasteiger partial charge in [0.15, 0.2) is 0 Å². The van der Waals surface area contributed by atoms with Gasteiger partial charge >= 0.3 is 5.97 Å². The zero-order valence-electron chi connectivity index (χ0n) is 14.1. The molecule has 1 heterocycles. The van der Waals surface area contributed by atoms with Crippen LogP contribution in [0.25, 0.3) is 10.9 Å². The lowest BCUT2D eigenvalue weighted by molar-refractivity contribution is -0.142. The highest BCUT2D eigenvalue weighted by Crippen LogP contribution is 2.47. The average Bonchev–Trinajstić information content (AvgIpc) is 2.94. The number of benzene rings is 1. The quantitative estimate of drug-likeness (QED) is 0.746. The molecule has 0 spiro atoms. The van der Waals surface area contributed by atoms with Crippen LogP contribution in [0.5, 0.6) is 0 Å². The molecule has 0 fully saturated rings. The van der Waals surface area contributed by atoms with Crippen molar-refractivity contribution < 1.29 is 9.53 Å². The molecule has 1 aliphatic carbocycles. The summed E-state index contributed by atoms with van der Waals surface area (Å²) < 4.78 is 6.14. The normalized spacial score (nSPS) is 20.5. The number of carbonyl (C=O) groups is 1. The predicted octanol–water partition coefficient (Wildman–Crippen LogP) is 5.18. The number of aromatic nitrogens is 1.